The number of aliphatic carboxylic acids is 1. The molecule has 2 fully saturated rings. The Bertz CT molecular complexity index is 295. The van der Waals surface area contributed by atoms with Gasteiger partial charge in [-0.15, -0.1) is 0 Å². The normalized spacial score (nSPS) is 38.7. The van der Waals surface area contributed by atoms with Crippen molar-refractivity contribution in [2.75, 3.05) is 26.2 Å². The van der Waals surface area contributed by atoms with Crippen molar-refractivity contribution < 1.29 is 9.90 Å². The van der Waals surface area contributed by atoms with E-state index < -0.39 is 11.5 Å². The molecule has 2 rings (SSSR count). The summed E-state index contributed by atoms with van der Waals surface area (Å²) in [7, 11) is 0. The van der Waals surface area contributed by atoms with Gasteiger partial charge in [-0.2, -0.15) is 0 Å². The van der Waals surface area contributed by atoms with Crippen molar-refractivity contribution in [1.82, 2.24) is 10.2 Å². The molecule has 0 aromatic heterocycles. The Hall–Kier alpha value is -0.610. The first-order valence-electron chi connectivity index (χ1n) is 6.74. The van der Waals surface area contributed by atoms with Gasteiger partial charge in [0, 0.05) is 6.54 Å². The minimum Gasteiger partial charge on any atom is -0.480 e. The number of nitrogens with one attached hydrogen (secondary N) is 1. The van der Waals surface area contributed by atoms with Crippen molar-refractivity contribution in [2.24, 2.45) is 11.8 Å². The van der Waals surface area contributed by atoms with E-state index in [2.05, 4.69) is 17.1 Å². The number of hydrogen-bond acceptors (Lipinski definition) is 3. The van der Waals surface area contributed by atoms with Gasteiger partial charge in [-0.3, -0.25) is 4.79 Å². The second-order valence-electron chi connectivity index (χ2n) is 5.87. The van der Waals surface area contributed by atoms with Crippen LogP contribution in [0.25, 0.3) is 0 Å². The van der Waals surface area contributed by atoms with Gasteiger partial charge in [-0.25, -0.2) is 0 Å². The molecule has 2 aliphatic rings. The van der Waals surface area contributed by atoms with Crippen molar-refractivity contribution >= 4 is 5.97 Å². The molecule has 0 radical (unpaired) electrons. The molecule has 4 nitrogen and oxygen atoms in total. The maximum absolute atomic E-state index is 11.1. The summed E-state index contributed by atoms with van der Waals surface area (Å²) in [4.78, 5) is 13.6. The highest BCUT2D eigenvalue weighted by atomic mass is 16.4. The fourth-order valence-corrected chi connectivity index (χ4v) is 3.28. The molecular weight excluding hydrogens is 216 g/mol. The standard InChI is InChI=1S/C13H24N2O2/c1-3-15-5-4-10(9-15)6-11-7-13(2,12(16)17)14-8-11/h10-11,14H,3-9H2,1-2H3,(H,16,17). The molecule has 2 N–H and O–H groups in total. The molecule has 0 aromatic carbocycles. The highest BCUT2D eigenvalue weighted by molar-refractivity contribution is 5.78. The van der Waals surface area contributed by atoms with Crippen LogP contribution >= 0.6 is 0 Å². The van der Waals surface area contributed by atoms with E-state index in [1.54, 1.807) is 0 Å². The fraction of sp³-hybridized carbons (Fsp3) is 0.923. The number of carboxylic acid groups (broad SMARTS) is 1. The van der Waals surface area contributed by atoms with Crippen LogP contribution in [0.4, 0.5) is 0 Å². The fourth-order valence-electron chi connectivity index (χ4n) is 3.28. The second kappa shape index (κ2) is 4.94. The minimum atomic E-state index is -0.707. The summed E-state index contributed by atoms with van der Waals surface area (Å²) in [5, 5.41) is 12.3. The monoisotopic (exact) mass is 240 g/mol. The predicted molar refractivity (Wildman–Crippen MR) is 67.0 cm³/mol. The molecule has 0 saturated carbocycles. The summed E-state index contributed by atoms with van der Waals surface area (Å²) >= 11 is 0. The van der Waals surface area contributed by atoms with Crippen molar-refractivity contribution in [3.8, 4) is 0 Å². The van der Waals surface area contributed by atoms with Gasteiger partial charge in [-0.05, 0) is 57.7 Å². The lowest BCUT2D eigenvalue weighted by atomic mass is 9.88. The predicted octanol–water partition coefficient (Wildman–Crippen LogP) is 1.17. The average molecular weight is 240 g/mol. The Kier molecular flexibility index (Phi) is 3.73. The number of nitrogens with zero attached hydrogens (tertiary/aromatic N) is 1. The van der Waals surface area contributed by atoms with Gasteiger partial charge in [-0.1, -0.05) is 6.92 Å². The summed E-state index contributed by atoms with van der Waals surface area (Å²) in [5.41, 5.74) is -0.687. The summed E-state index contributed by atoms with van der Waals surface area (Å²) < 4.78 is 0. The molecule has 17 heavy (non-hydrogen) atoms. The summed E-state index contributed by atoms with van der Waals surface area (Å²) in [6, 6.07) is 0. The number of carboxylic acids is 1. The largest absolute Gasteiger partial charge is 0.480 e. The number of carbonyl (C=O) groups is 1. The molecular formula is C13H24N2O2. The van der Waals surface area contributed by atoms with Crippen molar-refractivity contribution in [3.63, 3.8) is 0 Å². The van der Waals surface area contributed by atoms with Crippen LogP contribution in [0.1, 0.15) is 33.1 Å². The zero-order valence-electron chi connectivity index (χ0n) is 10.9. The lowest BCUT2D eigenvalue weighted by Crippen LogP contribution is -2.44. The molecule has 3 atom stereocenters. The van der Waals surface area contributed by atoms with E-state index in [-0.39, 0.29) is 0 Å². The van der Waals surface area contributed by atoms with Gasteiger partial charge < -0.3 is 15.3 Å². The summed E-state index contributed by atoms with van der Waals surface area (Å²) in [6.07, 6.45) is 3.26. The van der Waals surface area contributed by atoms with Gasteiger partial charge in [0.1, 0.15) is 5.54 Å². The topological polar surface area (TPSA) is 52.6 Å². The van der Waals surface area contributed by atoms with E-state index in [0.717, 1.165) is 25.4 Å². The van der Waals surface area contributed by atoms with Gasteiger partial charge in [0.2, 0.25) is 0 Å². The summed E-state index contributed by atoms with van der Waals surface area (Å²) in [5.74, 6) is 0.609. The Balaban J connectivity index is 1.80. The number of rotatable bonds is 4. The third-order valence-electron chi connectivity index (χ3n) is 4.43. The van der Waals surface area contributed by atoms with E-state index in [1.165, 1.54) is 25.9 Å². The van der Waals surface area contributed by atoms with E-state index in [4.69, 9.17) is 5.11 Å². The van der Waals surface area contributed by atoms with Crippen LogP contribution in [0.15, 0.2) is 0 Å². The molecule has 2 aliphatic heterocycles. The van der Waals surface area contributed by atoms with E-state index in [1.807, 2.05) is 6.92 Å². The highest BCUT2D eigenvalue weighted by Crippen LogP contribution is 2.31. The van der Waals surface area contributed by atoms with Crippen LogP contribution in [0.5, 0.6) is 0 Å². The van der Waals surface area contributed by atoms with E-state index in [9.17, 15) is 4.79 Å². The molecule has 0 bridgehead atoms. The van der Waals surface area contributed by atoms with Crippen LogP contribution in [-0.4, -0.2) is 47.7 Å². The molecule has 0 spiro atoms. The lowest BCUT2D eigenvalue weighted by molar-refractivity contribution is -0.143. The zero-order valence-corrected chi connectivity index (χ0v) is 10.9. The maximum Gasteiger partial charge on any atom is 0.323 e. The van der Waals surface area contributed by atoms with Gasteiger partial charge >= 0.3 is 5.97 Å². The van der Waals surface area contributed by atoms with E-state index in [0.29, 0.717) is 5.92 Å². The molecule has 2 saturated heterocycles. The van der Waals surface area contributed by atoms with Crippen LogP contribution in [0, 0.1) is 11.8 Å². The van der Waals surface area contributed by atoms with Crippen LogP contribution < -0.4 is 5.32 Å². The number of likely N-dealkylation sites (tertiary alicyclic amines) is 1. The van der Waals surface area contributed by atoms with Crippen molar-refractivity contribution in [3.05, 3.63) is 0 Å². The minimum absolute atomic E-state index is 0.540. The second-order valence-corrected chi connectivity index (χ2v) is 5.87. The molecule has 98 valence electrons. The maximum atomic E-state index is 11.1. The third kappa shape index (κ3) is 2.80. The quantitative estimate of drug-likeness (QED) is 0.774. The third-order valence-corrected chi connectivity index (χ3v) is 4.43. The zero-order chi connectivity index (χ0) is 12.5. The molecule has 0 aliphatic carbocycles. The van der Waals surface area contributed by atoms with Gasteiger partial charge in [0.15, 0.2) is 0 Å². The SMILES string of the molecule is CCN1CCC(CC2CNC(C)(C(=O)O)C2)C1. The number of hydrogen-bond donors (Lipinski definition) is 2. The Labute approximate surface area is 103 Å². The van der Waals surface area contributed by atoms with Crippen LogP contribution in [-0.2, 0) is 4.79 Å². The summed E-state index contributed by atoms with van der Waals surface area (Å²) in [6.45, 7) is 8.45. The molecule has 0 amide bonds. The molecule has 2 heterocycles. The smallest absolute Gasteiger partial charge is 0.323 e. The van der Waals surface area contributed by atoms with Crippen molar-refractivity contribution in [2.45, 2.75) is 38.6 Å². The average Bonchev–Trinajstić information content (AvgIpc) is 2.87. The highest BCUT2D eigenvalue weighted by Gasteiger charge is 2.41. The van der Waals surface area contributed by atoms with Crippen LogP contribution in [0.3, 0.4) is 0 Å². The first kappa shape index (κ1) is 12.8. The first-order valence-corrected chi connectivity index (χ1v) is 6.74. The van der Waals surface area contributed by atoms with Crippen LogP contribution in [0.2, 0.25) is 0 Å². The first-order chi connectivity index (χ1) is 8.03. The Morgan fingerprint density at radius 2 is 2.29 bits per heavy atom. The Morgan fingerprint density at radius 3 is 2.82 bits per heavy atom. The molecule has 3 unspecified atom stereocenters. The molecule has 0 aromatic rings. The van der Waals surface area contributed by atoms with Crippen molar-refractivity contribution in [1.29, 1.82) is 0 Å². The Morgan fingerprint density at radius 1 is 1.53 bits per heavy atom. The van der Waals surface area contributed by atoms with E-state index >= 15 is 0 Å². The van der Waals surface area contributed by atoms with Gasteiger partial charge in [0.05, 0.1) is 0 Å². The lowest BCUT2D eigenvalue weighted by Gasteiger charge is -2.19. The molecule has 4 heteroatoms. The van der Waals surface area contributed by atoms with Gasteiger partial charge in [0.25, 0.3) is 0 Å².